The predicted octanol–water partition coefficient (Wildman–Crippen LogP) is 4.92. The molecule has 0 fully saturated rings. The molecule has 0 aliphatic rings. The minimum absolute atomic E-state index is 0.0315. The molecule has 17 heteroatoms. The van der Waals surface area contributed by atoms with E-state index in [1.807, 2.05) is 11.8 Å². The maximum Gasteiger partial charge on any atom is 0.279 e. The zero-order chi connectivity index (χ0) is 27.2. The molecule has 0 heterocycles. The first-order chi connectivity index (χ1) is 18.1. The highest BCUT2D eigenvalue weighted by molar-refractivity contribution is 8.23. The van der Waals surface area contributed by atoms with Gasteiger partial charge in [-0.05, 0) is 16.9 Å². The van der Waals surface area contributed by atoms with E-state index in [2.05, 4.69) is 22.2 Å². The Labute approximate surface area is 263 Å². The molecule has 0 rings (SSSR count). The second-order valence-electron chi connectivity index (χ2n) is 6.39. The number of aliphatic hydroxyl groups excluding tert-OH is 1. The third-order valence-corrected chi connectivity index (χ3v) is 14.8. The summed E-state index contributed by atoms with van der Waals surface area (Å²) in [5.74, 6) is 7.16. The molecule has 0 aliphatic carbocycles. The topological polar surface area (TPSA) is 120 Å². The highest BCUT2D eigenvalue weighted by Crippen LogP contribution is 2.16. The van der Waals surface area contributed by atoms with E-state index in [-0.39, 0.29) is 11.2 Å². The maximum atomic E-state index is 11.9. The van der Waals surface area contributed by atoms with E-state index in [1.165, 1.54) is 40.8 Å². The van der Waals surface area contributed by atoms with Gasteiger partial charge in [-0.1, -0.05) is 30.4 Å². The second-order valence-corrected chi connectivity index (χ2v) is 19.3. The SMILES string of the molecule is CCSCC/N=C/[S+]([O-])CCSCSCCSC(=O)NCCSCSCC/N=C/[S+]([O-])CSCSCO. The largest absolute Gasteiger partial charge is 0.611 e. The Balaban J connectivity index is 3.37. The Morgan fingerprint density at radius 1 is 0.811 bits per heavy atom. The van der Waals surface area contributed by atoms with E-state index in [4.69, 9.17) is 5.11 Å². The summed E-state index contributed by atoms with van der Waals surface area (Å²) in [5.41, 5.74) is 3.11. The number of carbonyl (C=O) groups is 1. The monoisotopic (exact) mass is 705 g/mol. The molecule has 0 saturated carbocycles. The van der Waals surface area contributed by atoms with Crippen LogP contribution in [-0.4, -0.2) is 122 Å². The van der Waals surface area contributed by atoms with E-state index in [0.29, 0.717) is 23.9 Å². The van der Waals surface area contributed by atoms with E-state index >= 15 is 0 Å². The average molecular weight is 706 g/mol. The molecule has 218 valence electrons. The average Bonchev–Trinajstić information content (AvgIpc) is 2.89. The Hall–Kier alpha value is 2.19. The van der Waals surface area contributed by atoms with E-state index < -0.39 is 22.4 Å². The zero-order valence-electron chi connectivity index (χ0n) is 21.1. The van der Waals surface area contributed by atoms with Crippen LogP contribution in [0, 0.1) is 0 Å². The molecule has 7 nitrogen and oxygen atoms in total. The summed E-state index contributed by atoms with van der Waals surface area (Å²) in [6.07, 6.45) is 0. The summed E-state index contributed by atoms with van der Waals surface area (Å²) >= 11 is 11.3. The van der Waals surface area contributed by atoms with Gasteiger partial charge in [0, 0.05) is 67.5 Å². The maximum absolute atomic E-state index is 11.9. The molecule has 2 unspecified atom stereocenters. The minimum Gasteiger partial charge on any atom is -0.611 e. The molecule has 0 aromatic heterocycles. The van der Waals surface area contributed by atoms with Gasteiger partial charge in [0.1, 0.15) is 5.75 Å². The molecular weight excluding hydrogens is 667 g/mol. The van der Waals surface area contributed by atoms with Crippen LogP contribution in [0.2, 0.25) is 0 Å². The number of amides is 1. The summed E-state index contributed by atoms with van der Waals surface area (Å²) < 4.78 is 23.5. The number of aliphatic hydroxyl groups is 1. The quantitative estimate of drug-likeness (QED) is 0.0397. The van der Waals surface area contributed by atoms with Crippen LogP contribution in [0.25, 0.3) is 0 Å². The Morgan fingerprint density at radius 2 is 1.43 bits per heavy atom. The lowest BCUT2D eigenvalue weighted by Crippen LogP contribution is -2.22. The fraction of sp³-hybridized carbons (Fsp3) is 0.850. The van der Waals surface area contributed by atoms with Crippen molar-refractivity contribution in [1.29, 1.82) is 0 Å². The van der Waals surface area contributed by atoms with Crippen LogP contribution < -0.4 is 5.32 Å². The number of hydrogen-bond acceptors (Lipinski definition) is 14. The lowest BCUT2D eigenvalue weighted by molar-refractivity contribution is 0.261. The fourth-order valence-corrected chi connectivity index (χ4v) is 11.3. The van der Waals surface area contributed by atoms with Crippen LogP contribution in [0.1, 0.15) is 6.92 Å². The van der Waals surface area contributed by atoms with Gasteiger partial charge in [-0.2, -0.15) is 23.5 Å². The van der Waals surface area contributed by atoms with Gasteiger partial charge in [0.2, 0.25) is 11.1 Å². The first-order valence-electron chi connectivity index (χ1n) is 11.4. The number of carbonyl (C=O) groups excluding carboxylic acids is 1. The molecule has 0 aliphatic heterocycles. The Bertz CT molecular complexity index is 570. The number of rotatable bonds is 27. The number of nitrogens with one attached hydrogen (secondary N) is 1. The van der Waals surface area contributed by atoms with Gasteiger partial charge in [-0.15, -0.1) is 47.0 Å². The molecule has 0 aromatic rings. The molecule has 1 amide bonds. The molecule has 0 aromatic carbocycles. The number of hydrogen-bond donors (Lipinski definition) is 2. The molecule has 0 saturated heterocycles. The second kappa shape index (κ2) is 32.7. The predicted molar refractivity (Wildman–Crippen MR) is 188 cm³/mol. The van der Waals surface area contributed by atoms with Crippen molar-refractivity contribution >= 4 is 133 Å². The van der Waals surface area contributed by atoms with Gasteiger partial charge >= 0.3 is 0 Å². The van der Waals surface area contributed by atoms with E-state index in [1.54, 1.807) is 52.6 Å². The standard InChI is InChI=1S/C20H39N3O4S10/c1-2-28-6-3-21-13-36(26)12-11-32-17-31-9-10-35-20(25)23-5-8-30-16-29-7-4-22-14-37(27)19-34-18-33-15-24/h13-14,24H,2-12,15-19H2,1H3,(H,23,25)/b21-13+,22-14+. The Morgan fingerprint density at radius 3 is 2.16 bits per heavy atom. The van der Waals surface area contributed by atoms with Crippen molar-refractivity contribution in [2.75, 3.05) is 91.9 Å². The summed E-state index contributed by atoms with van der Waals surface area (Å²) in [6, 6.07) is 0. The minimum atomic E-state index is -1.05. The molecule has 2 N–H and O–H groups in total. The van der Waals surface area contributed by atoms with Crippen LogP contribution in [0.3, 0.4) is 0 Å². The Kier molecular flexibility index (Phi) is 34.6. The molecule has 0 bridgehead atoms. The normalized spacial score (nSPS) is 13.5. The fourth-order valence-electron chi connectivity index (χ4n) is 1.91. The van der Waals surface area contributed by atoms with Gasteiger partial charge in [-0.25, -0.2) is 9.98 Å². The number of aliphatic imine (C=N–C) groups is 2. The highest BCUT2D eigenvalue weighted by Gasteiger charge is 2.04. The third-order valence-electron chi connectivity index (χ3n) is 3.51. The lowest BCUT2D eigenvalue weighted by Gasteiger charge is -2.06. The summed E-state index contributed by atoms with van der Waals surface area (Å²) in [4.78, 5) is 20.3. The molecule has 0 spiro atoms. The van der Waals surface area contributed by atoms with Gasteiger partial charge < -0.3 is 19.5 Å². The first kappa shape index (κ1) is 39.2. The van der Waals surface area contributed by atoms with Crippen molar-refractivity contribution in [3.8, 4) is 0 Å². The van der Waals surface area contributed by atoms with Gasteiger partial charge in [0.15, 0.2) is 5.08 Å². The van der Waals surface area contributed by atoms with Crippen molar-refractivity contribution in [2.45, 2.75) is 6.92 Å². The van der Waals surface area contributed by atoms with Gasteiger partial charge in [-0.3, -0.25) is 4.79 Å². The first-order valence-corrected chi connectivity index (χ1v) is 23.2. The third kappa shape index (κ3) is 32.6. The number of nitrogens with zero attached hydrogens (tertiary/aromatic N) is 2. The zero-order valence-corrected chi connectivity index (χ0v) is 29.3. The van der Waals surface area contributed by atoms with Gasteiger partial charge in [0.05, 0.1) is 19.0 Å². The van der Waals surface area contributed by atoms with Crippen molar-refractivity contribution in [3.63, 3.8) is 0 Å². The van der Waals surface area contributed by atoms with Crippen molar-refractivity contribution in [3.05, 3.63) is 0 Å². The summed E-state index contributed by atoms with van der Waals surface area (Å²) in [6.45, 7) is 4.19. The summed E-state index contributed by atoms with van der Waals surface area (Å²) in [5, 5.41) is 14.8. The molecular formula is C20H39N3O4S10. The summed E-state index contributed by atoms with van der Waals surface area (Å²) in [7, 11) is 0. The number of thioether (sulfide) groups is 8. The van der Waals surface area contributed by atoms with Crippen LogP contribution in [0.4, 0.5) is 4.79 Å². The molecule has 2 atom stereocenters. The van der Waals surface area contributed by atoms with Gasteiger partial charge in [0.25, 0.3) is 5.24 Å². The van der Waals surface area contributed by atoms with Crippen molar-refractivity contribution in [1.82, 2.24) is 5.32 Å². The lowest BCUT2D eigenvalue weighted by atomic mass is 10.8. The van der Waals surface area contributed by atoms with Crippen LogP contribution in [0.15, 0.2) is 9.98 Å². The van der Waals surface area contributed by atoms with Crippen LogP contribution in [0.5, 0.6) is 0 Å². The smallest absolute Gasteiger partial charge is 0.279 e. The highest BCUT2D eigenvalue weighted by atomic mass is 32.3. The molecule has 0 radical (unpaired) electrons. The van der Waals surface area contributed by atoms with Crippen LogP contribution in [-0.2, 0) is 22.4 Å². The van der Waals surface area contributed by atoms with Crippen molar-refractivity contribution < 1.29 is 19.0 Å². The molecule has 37 heavy (non-hydrogen) atoms. The van der Waals surface area contributed by atoms with Crippen LogP contribution >= 0.6 is 94.1 Å². The van der Waals surface area contributed by atoms with E-state index in [9.17, 15) is 13.9 Å². The van der Waals surface area contributed by atoms with E-state index in [0.717, 1.165) is 62.1 Å². The van der Waals surface area contributed by atoms with Crippen molar-refractivity contribution in [2.24, 2.45) is 9.98 Å².